The molecule has 0 aliphatic rings. The first-order chi connectivity index (χ1) is 17.3. The van der Waals surface area contributed by atoms with Crippen LogP contribution in [0.2, 0.25) is 10.2 Å². The van der Waals surface area contributed by atoms with E-state index in [0.717, 1.165) is 15.2 Å². The Balaban J connectivity index is 1.58. The molecular formula is C25H20Cl2N4O4S. The van der Waals surface area contributed by atoms with Crippen molar-refractivity contribution in [2.45, 2.75) is 4.90 Å². The van der Waals surface area contributed by atoms with Gasteiger partial charge < -0.3 is 4.74 Å². The molecule has 4 aromatic rings. The van der Waals surface area contributed by atoms with E-state index in [9.17, 15) is 13.2 Å². The second-order valence-corrected chi connectivity index (χ2v) is 10.1. The Morgan fingerprint density at radius 3 is 2.50 bits per heavy atom. The number of hydrogen-bond acceptors (Lipinski definition) is 6. The molecule has 1 aromatic heterocycles. The van der Waals surface area contributed by atoms with Gasteiger partial charge >= 0.3 is 0 Å². The fourth-order valence-corrected chi connectivity index (χ4v) is 5.26. The van der Waals surface area contributed by atoms with Gasteiger partial charge in [-0.25, -0.2) is 18.8 Å². The molecule has 184 valence electrons. The zero-order valence-electron chi connectivity index (χ0n) is 18.9. The molecule has 1 heterocycles. The van der Waals surface area contributed by atoms with Crippen molar-refractivity contribution in [1.29, 1.82) is 0 Å². The Morgan fingerprint density at radius 2 is 1.78 bits per heavy atom. The SMILES string of the molecule is COc1ccc(N(CC(=O)N/N=C\c2cc3ccccc3nc2Cl)S(=O)(=O)c2ccccc2)cc1Cl. The second-order valence-electron chi connectivity index (χ2n) is 7.50. The molecule has 0 unspecified atom stereocenters. The minimum Gasteiger partial charge on any atom is -0.495 e. The van der Waals surface area contributed by atoms with Crippen LogP contribution in [-0.4, -0.2) is 39.2 Å². The average Bonchev–Trinajstić information content (AvgIpc) is 2.88. The monoisotopic (exact) mass is 542 g/mol. The number of rotatable bonds is 8. The summed E-state index contributed by atoms with van der Waals surface area (Å²) in [5, 5.41) is 5.20. The molecule has 0 fully saturated rings. The van der Waals surface area contributed by atoms with Gasteiger partial charge in [0.05, 0.1) is 34.4 Å². The van der Waals surface area contributed by atoms with Crippen molar-refractivity contribution in [3.63, 3.8) is 0 Å². The van der Waals surface area contributed by atoms with Crippen molar-refractivity contribution < 1.29 is 17.9 Å². The van der Waals surface area contributed by atoms with Crippen LogP contribution in [0.3, 0.4) is 0 Å². The summed E-state index contributed by atoms with van der Waals surface area (Å²) in [5.41, 5.74) is 3.75. The topological polar surface area (TPSA) is 101 Å². The van der Waals surface area contributed by atoms with E-state index in [1.54, 1.807) is 24.3 Å². The van der Waals surface area contributed by atoms with Crippen LogP contribution < -0.4 is 14.5 Å². The van der Waals surface area contributed by atoms with Crippen LogP contribution in [-0.2, 0) is 14.8 Å². The molecule has 4 rings (SSSR count). The first kappa shape index (κ1) is 25.4. The van der Waals surface area contributed by atoms with Crippen molar-refractivity contribution >= 4 is 61.9 Å². The number of benzene rings is 3. The summed E-state index contributed by atoms with van der Waals surface area (Å²) in [6.07, 6.45) is 1.35. The largest absolute Gasteiger partial charge is 0.495 e. The smallest absolute Gasteiger partial charge is 0.264 e. The molecule has 0 atom stereocenters. The van der Waals surface area contributed by atoms with Gasteiger partial charge in [-0.3, -0.25) is 9.10 Å². The van der Waals surface area contributed by atoms with E-state index >= 15 is 0 Å². The predicted molar refractivity (Wildman–Crippen MR) is 141 cm³/mol. The van der Waals surface area contributed by atoms with Crippen molar-refractivity contribution in [2.24, 2.45) is 5.10 Å². The van der Waals surface area contributed by atoms with Crippen LogP contribution in [0.25, 0.3) is 10.9 Å². The maximum atomic E-state index is 13.4. The highest BCUT2D eigenvalue weighted by molar-refractivity contribution is 7.92. The fraction of sp³-hybridized carbons (Fsp3) is 0.0800. The lowest BCUT2D eigenvalue weighted by Gasteiger charge is -2.24. The lowest BCUT2D eigenvalue weighted by molar-refractivity contribution is -0.119. The zero-order valence-corrected chi connectivity index (χ0v) is 21.3. The Hall–Kier alpha value is -3.66. The maximum absolute atomic E-state index is 13.4. The van der Waals surface area contributed by atoms with Crippen molar-refractivity contribution in [3.05, 3.63) is 94.6 Å². The first-order valence-corrected chi connectivity index (χ1v) is 12.8. The number of hydrazone groups is 1. The summed E-state index contributed by atoms with van der Waals surface area (Å²) in [4.78, 5) is 17.1. The molecule has 1 N–H and O–H groups in total. The van der Waals surface area contributed by atoms with Crippen LogP contribution in [0.4, 0.5) is 5.69 Å². The standard InChI is InChI=1S/C25H20Cl2N4O4S/c1-35-23-12-11-19(14-21(23)26)31(36(33,34)20-8-3-2-4-9-20)16-24(32)30-28-15-18-13-17-7-5-6-10-22(17)29-25(18)27/h2-15H,16H2,1H3,(H,30,32)/b28-15-. The van der Waals surface area contributed by atoms with E-state index < -0.39 is 22.5 Å². The maximum Gasteiger partial charge on any atom is 0.264 e. The van der Waals surface area contributed by atoms with Gasteiger partial charge in [-0.15, -0.1) is 0 Å². The second kappa shape index (κ2) is 10.9. The quantitative estimate of drug-likeness (QED) is 0.194. The van der Waals surface area contributed by atoms with E-state index in [1.165, 1.54) is 43.7 Å². The highest BCUT2D eigenvalue weighted by Crippen LogP contribution is 2.31. The van der Waals surface area contributed by atoms with Crippen LogP contribution in [0.5, 0.6) is 5.75 Å². The van der Waals surface area contributed by atoms with Gasteiger partial charge in [0.1, 0.15) is 17.4 Å². The third-order valence-electron chi connectivity index (χ3n) is 5.14. The molecular weight excluding hydrogens is 523 g/mol. The Labute approximate surface area is 218 Å². The number of amides is 1. The molecule has 0 radical (unpaired) electrons. The van der Waals surface area contributed by atoms with Gasteiger partial charge in [-0.1, -0.05) is 59.6 Å². The third kappa shape index (κ3) is 5.59. The molecule has 0 bridgehead atoms. The number of halogens is 2. The molecule has 8 nitrogen and oxygen atoms in total. The normalized spacial score (nSPS) is 11.5. The summed E-state index contributed by atoms with van der Waals surface area (Å²) in [7, 11) is -2.66. The average molecular weight is 543 g/mol. The number of carbonyl (C=O) groups is 1. The molecule has 3 aromatic carbocycles. The molecule has 0 saturated heterocycles. The number of hydrogen-bond donors (Lipinski definition) is 1. The number of sulfonamides is 1. The van der Waals surface area contributed by atoms with Crippen LogP contribution in [0.15, 0.2) is 88.9 Å². The Bertz CT molecular complexity index is 1550. The third-order valence-corrected chi connectivity index (χ3v) is 7.53. The molecule has 1 amide bonds. The number of nitrogens with one attached hydrogen (secondary N) is 1. The lowest BCUT2D eigenvalue weighted by Crippen LogP contribution is -2.39. The number of ether oxygens (including phenoxy) is 1. The number of pyridine rings is 1. The summed E-state index contributed by atoms with van der Waals surface area (Å²) in [6, 6.07) is 21.4. The van der Waals surface area contributed by atoms with Gasteiger partial charge in [-0.2, -0.15) is 5.10 Å². The van der Waals surface area contributed by atoms with E-state index in [0.29, 0.717) is 11.3 Å². The Morgan fingerprint density at radius 1 is 1.06 bits per heavy atom. The van der Waals surface area contributed by atoms with E-state index in [2.05, 4.69) is 15.5 Å². The minimum atomic E-state index is -4.10. The molecule has 0 aliphatic heterocycles. The summed E-state index contributed by atoms with van der Waals surface area (Å²) in [6.45, 7) is -0.555. The number of carbonyl (C=O) groups excluding carboxylic acids is 1. The summed E-state index contributed by atoms with van der Waals surface area (Å²) < 4.78 is 32.9. The van der Waals surface area contributed by atoms with Crippen molar-refractivity contribution in [3.8, 4) is 5.75 Å². The van der Waals surface area contributed by atoms with Gasteiger partial charge in [0, 0.05) is 10.9 Å². The number of fused-ring (bicyclic) bond motifs is 1. The number of nitrogens with zero attached hydrogens (tertiary/aromatic N) is 3. The lowest BCUT2D eigenvalue weighted by atomic mass is 10.2. The molecule has 0 spiro atoms. The molecule has 0 aliphatic carbocycles. The van der Waals surface area contributed by atoms with Gasteiger partial charge in [-0.05, 0) is 42.5 Å². The first-order valence-electron chi connectivity index (χ1n) is 10.6. The van der Waals surface area contributed by atoms with Crippen LogP contribution in [0.1, 0.15) is 5.56 Å². The molecule has 36 heavy (non-hydrogen) atoms. The van der Waals surface area contributed by atoms with Crippen LogP contribution in [0, 0.1) is 0 Å². The van der Waals surface area contributed by atoms with E-state index in [1.807, 2.05) is 24.3 Å². The van der Waals surface area contributed by atoms with Crippen molar-refractivity contribution in [2.75, 3.05) is 18.0 Å². The Kier molecular flexibility index (Phi) is 7.73. The van der Waals surface area contributed by atoms with Gasteiger partial charge in [0.15, 0.2) is 0 Å². The van der Waals surface area contributed by atoms with E-state index in [4.69, 9.17) is 27.9 Å². The predicted octanol–water partition coefficient (Wildman–Crippen LogP) is 4.90. The molecule has 0 saturated carbocycles. The number of aromatic nitrogens is 1. The highest BCUT2D eigenvalue weighted by atomic mass is 35.5. The van der Waals surface area contributed by atoms with E-state index in [-0.39, 0.29) is 20.8 Å². The van der Waals surface area contributed by atoms with Gasteiger partial charge in [0.2, 0.25) is 0 Å². The fourth-order valence-electron chi connectivity index (χ4n) is 3.38. The minimum absolute atomic E-state index is 0.0160. The summed E-state index contributed by atoms with van der Waals surface area (Å²) >= 11 is 12.4. The van der Waals surface area contributed by atoms with Crippen LogP contribution >= 0.6 is 23.2 Å². The number of para-hydroxylation sites is 1. The number of methoxy groups -OCH3 is 1. The summed E-state index contributed by atoms with van der Waals surface area (Å²) in [5.74, 6) is -0.310. The van der Waals surface area contributed by atoms with Crippen molar-refractivity contribution in [1.82, 2.24) is 10.4 Å². The zero-order chi connectivity index (χ0) is 25.7. The highest BCUT2D eigenvalue weighted by Gasteiger charge is 2.27. The molecule has 11 heteroatoms. The number of anilines is 1. The van der Waals surface area contributed by atoms with Gasteiger partial charge in [0.25, 0.3) is 15.9 Å².